The van der Waals surface area contributed by atoms with Crippen molar-refractivity contribution in [2.45, 2.75) is 45.4 Å². The third-order valence-corrected chi connectivity index (χ3v) is 6.19. The minimum Gasteiger partial charge on any atom is -0.491 e. The molecule has 1 atom stereocenters. The van der Waals surface area contributed by atoms with Gasteiger partial charge in [0, 0.05) is 26.0 Å². The molecule has 0 amide bonds. The van der Waals surface area contributed by atoms with Gasteiger partial charge in [-0.05, 0) is 66.1 Å². The van der Waals surface area contributed by atoms with E-state index in [1.807, 2.05) is 62.4 Å². The van der Waals surface area contributed by atoms with Gasteiger partial charge in [-0.25, -0.2) is 4.79 Å². The second-order valence-electron chi connectivity index (χ2n) is 9.68. The zero-order chi connectivity index (χ0) is 27.0. The molecule has 0 spiro atoms. The van der Waals surface area contributed by atoms with E-state index in [0.29, 0.717) is 33.0 Å². The highest BCUT2D eigenvalue weighted by Crippen LogP contribution is 2.32. The van der Waals surface area contributed by atoms with Crippen LogP contribution in [0, 0.1) is 0 Å². The number of aromatic carboxylic acids is 1. The van der Waals surface area contributed by atoms with Gasteiger partial charge in [0.15, 0.2) is 0 Å². The van der Waals surface area contributed by atoms with Gasteiger partial charge in [-0.15, -0.1) is 0 Å². The van der Waals surface area contributed by atoms with Crippen LogP contribution in [0.5, 0.6) is 11.5 Å². The van der Waals surface area contributed by atoms with Gasteiger partial charge in [-0.1, -0.05) is 30.3 Å². The van der Waals surface area contributed by atoms with Gasteiger partial charge in [-0.3, -0.25) is 0 Å². The van der Waals surface area contributed by atoms with Gasteiger partial charge in [0.2, 0.25) is 5.79 Å². The minimum absolute atomic E-state index is 0.249. The lowest BCUT2D eigenvalue weighted by molar-refractivity contribution is -0.180. The first-order valence-electron chi connectivity index (χ1n) is 12.8. The van der Waals surface area contributed by atoms with E-state index in [-0.39, 0.29) is 5.56 Å². The monoisotopic (exact) mass is 521 g/mol. The van der Waals surface area contributed by atoms with Crippen molar-refractivity contribution in [3.8, 4) is 11.5 Å². The molecule has 4 rings (SSSR count). The van der Waals surface area contributed by atoms with E-state index < -0.39 is 17.9 Å². The van der Waals surface area contributed by atoms with E-state index in [0.717, 1.165) is 41.2 Å². The predicted octanol–water partition coefficient (Wildman–Crippen LogP) is 4.49. The zero-order valence-electron chi connectivity index (χ0n) is 21.8. The van der Waals surface area contributed by atoms with Crippen LogP contribution in [0.3, 0.4) is 0 Å². The van der Waals surface area contributed by atoms with Crippen molar-refractivity contribution in [2.75, 3.05) is 26.3 Å². The first kappa shape index (κ1) is 27.6. The lowest BCUT2D eigenvalue weighted by atomic mass is 10.0. The second kappa shape index (κ2) is 12.9. The SMILES string of the molecule is CC1(C)OCc2cc([C@H](O)CNCCc3ccc(OCCOCc4cccc(C(=O)O)c4)cc3)ccc2O1. The first-order chi connectivity index (χ1) is 18.3. The van der Waals surface area contributed by atoms with Crippen molar-refractivity contribution in [3.63, 3.8) is 0 Å². The van der Waals surface area contributed by atoms with Crippen molar-refractivity contribution in [3.05, 3.63) is 94.5 Å². The average molecular weight is 522 g/mol. The Bertz CT molecular complexity index is 1210. The summed E-state index contributed by atoms with van der Waals surface area (Å²) in [7, 11) is 0. The van der Waals surface area contributed by atoms with Crippen molar-refractivity contribution in [1.29, 1.82) is 0 Å². The lowest BCUT2D eigenvalue weighted by Crippen LogP contribution is -2.35. The zero-order valence-corrected chi connectivity index (χ0v) is 21.8. The van der Waals surface area contributed by atoms with Crippen molar-refractivity contribution >= 4 is 5.97 Å². The lowest BCUT2D eigenvalue weighted by Gasteiger charge is -2.33. The van der Waals surface area contributed by atoms with E-state index in [1.54, 1.807) is 18.2 Å². The molecule has 1 aliphatic heterocycles. The van der Waals surface area contributed by atoms with Crippen LogP contribution in [0.1, 0.15) is 52.6 Å². The summed E-state index contributed by atoms with van der Waals surface area (Å²) >= 11 is 0. The standard InChI is InChI=1S/C30H35NO7/c1-30(2)37-20-25-17-23(8-11-28(25)38-30)27(32)18-31-13-12-21-6-9-26(10-7-21)36-15-14-35-19-22-4-3-5-24(16-22)29(33)34/h3-11,16-17,27,31-32H,12-15,18-20H2,1-2H3,(H,33,34)/t27-/m1/s1. The Morgan fingerprint density at radius 3 is 2.66 bits per heavy atom. The molecular weight excluding hydrogens is 486 g/mol. The fraction of sp³-hybridized carbons (Fsp3) is 0.367. The van der Waals surface area contributed by atoms with Crippen LogP contribution in [0.2, 0.25) is 0 Å². The van der Waals surface area contributed by atoms with Crippen LogP contribution in [0.25, 0.3) is 0 Å². The third kappa shape index (κ3) is 8.03. The van der Waals surface area contributed by atoms with Crippen molar-refractivity contribution < 1.29 is 34.0 Å². The van der Waals surface area contributed by atoms with E-state index >= 15 is 0 Å². The molecule has 1 aliphatic rings. The molecule has 3 aromatic rings. The number of aliphatic hydroxyl groups excluding tert-OH is 1. The summed E-state index contributed by atoms with van der Waals surface area (Å²) in [4.78, 5) is 11.0. The molecule has 3 aromatic carbocycles. The average Bonchev–Trinajstić information content (AvgIpc) is 2.91. The molecule has 0 saturated heterocycles. The molecule has 0 fully saturated rings. The highest BCUT2D eigenvalue weighted by Gasteiger charge is 2.27. The van der Waals surface area contributed by atoms with Crippen LogP contribution in [0.15, 0.2) is 66.7 Å². The van der Waals surface area contributed by atoms with E-state index in [9.17, 15) is 9.90 Å². The number of hydrogen-bond acceptors (Lipinski definition) is 7. The number of nitrogens with one attached hydrogen (secondary N) is 1. The van der Waals surface area contributed by atoms with Gasteiger partial charge in [0.05, 0.1) is 31.5 Å². The predicted molar refractivity (Wildman–Crippen MR) is 142 cm³/mol. The van der Waals surface area contributed by atoms with Crippen LogP contribution >= 0.6 is 0 Å². The Morgan fingerprint density at radius 2 is 1.87 bits per heavy atom. The maximum atomic E-state index is 11.0. The summed E-state index contributed by atoms with van der Waals surface area (Å²) in [6, 6.07) is 20.3. The van der Waals surface area contributed by atoms with Gasteiger partial charge in [0.1, 0.15) is 18.1 Å². The Hall–Kier alpha value is -3.43. The fourth-order valence-corrected chi connectivity index (χ4v) is 4.11. The minimum atomic E-state index is -0.951. The summed E-state index contributed by atoms with van der Waals surface area (Å²) in [5, 5.41) is 23.0. The molecule has 202 valence electrons. The summed E-state index contributed by atoms with van der Waals surface area (Å²) in [6.07, 6.45) is 0.210. The van der Waals surface area contributed by atoms with Gasteiger partial charge < -0.3 is 34.5 Å². The summed E-state index contributed by atoms with van der Waals surface area (Å²) in [5.41, 5.74) is 4.01. The molecule has 0 radical (unpaired) electrons. The quantitative estimate of drug-likeness (QED) is 0.283. The Morgan fingerprint density at radius 1 is 1.05 bits per heavy atom. The number of carboxylic acids is 1. The second-order valence-corrected chi connectivity index (χ2v) is 9.68. The number of benzene rings is 3. The number of carbonyl (C=O) groups is 1. The number of aliphatic hydroxyl groups is 1. The van der Waals surface area contributed by atoms with Crippen LogP contribution < -0.4 is 14.8 Å². The number of ether oxygens (including phenoxy) is 4. The number of hydrogen-bond donors (Lipinski definition) is 3. The van der Waals surface area contributed by atoms with Gasteiger partial charge in [0.25, 0.3) is 0 Å². The third-order valence-electron chi connectivity index (χ3n) is 6.19. The van der Waals surface area contributed by atoms with Gasteiger partial charge in [-0.2, -0.15) is 0 Å². The molecule has 1 heterocycles. The van der Waals surface area contributed by atoms with E-state index in [1.165, 1.54) is 5.56 Å². The van der Waals surface area contributed by atoms with Crippen LogP contribution in [0.4, 0.5) is 0 Å². The molecule has 8 heteroatoms. The molecule has 0 aromatic heterocycles. The topological polar surface area (TPSA) is 106 Å². The molecule has 38 heavy (non-hydrogen) atoms. The molecular formula is C30H35NO7. The number of carboxylic acid groups (broad SMARTS) is 1. The molecule has 0 saturated carbocycles. The first-order valence-corrected chi connectivity index (χ1v) is 12.8. The Labute approximate surface area is 223 Å². The Balaban J connectivity index is 1.11. The Kier molecular flexibility index (Phi) is 9.36. The number of fused-ring (bicyclic) bond motifs is 1. The summed E-state index contributed by atoms with van der Waals surface area (Å²) in [5.74, 6) is -0.0218. The largest absolute Gasteiger partial charge is 0.491 e. The summed E-state index contributed by atoms with van der Waals surface area (Å²) < 4.78 is 22.8. The molecule has 0 unspecified atom stereocenters. The summed E-state index contributed by atoms with van der Waals surface area (Å²) in [6.45, 7) is 6.55. The normalized spacial score (nSPS) is 14.8. The van der Waals surface area contributed by atoms with Crippen LogP contribution in [-0.4, -0.2) is 48.3 Å². The van der Waals surface area contributed by atoms with Crippen molar-refractivity contribution in [1.82, 2.24) is 5.32 Å². The maximum absolute atomic E-state index is 11.0. The molecule has 8 nitrogen and oxygen atoms in total. The van der Waals surface area contributed by atoms with Gasteiger partial charge >= 0.3 is 5.97 Å². The highest BCUT2D eigenvalue weighted by atomic mass is 16.7. The molecule has 0 bridgehead atoms. The highest BCUT2D eigenvalue weighted by molar-refractivity contribution is 5.87. The van der Waals surface area contributed by atoms with Crippen LogP contribution in [-0.2, 0) is 29.1 Å². The van der Waals surface area contributed by atoms with E-state index in [2.05, 4.69) is 5.32 Å². The van der Waals surface area contributed by atoms with Crippen molar-refractivity contribution in [2.24, 2.45) is 0 Å². The smallest absolute Gasteiger partial charge is 0.335 e. The molecule has 0 aliphatic carbocycles. The van der Waals surface area contributed by atoms with E-state index in [4.69, 9.17) is 24.1 Å². The number of rotatable bonds is 13. The molecule has 3 N–H and O–H groups in total. The fourth-order valence-electron chi connectivity index (χ4n) is 4.11. The maximum Gasteiger partial charge on any atom is 0.335 e.